The Kier molecular flexibility index (Phi) is 6.47. The van der Waals surface area contributed by atoms with Gasteiger partial charge in [-0.05, 0) is 62.9 Å². The Morgan fingerprint density at radius 1 is 1.19 bits per heavy atom. The number of hydrogen-bond acceptors (Lipinski definition) is 5. The fraction of sp³-hybridized carbons (Fsp3) is 0.400. The van der Waals surface area contributed by atoms with E-state index < -0.39 is 0 Å². The van der Waals surface area contributed by atoms with Crippen molar-refractivity contribution in [1.82, 2.24) is 15.0 Å². The molecule has 1 amide bonds. The monoisotopic (exact) mass is 418 g/mol. The predicted octanol–water partition coefficient (Wildman–Crippen LogP) is 4.77. The van der Waals surface area contributed by atoms with Crippen LogP contribution < -0.4 is 5.32 Å². The van der Waals surface area contributed by atoms with Crippen molar-refractivity contribution >= 4 is 11.6 Å². The van der Waals surface area contributed by atoms with Crippen LogP contribution in [0.1, 0.15) is 42.3 Å². The van der Waals surface area contributed by atoms with Gasteiger partial charge in [-0.3, -0.25) is 9.69 Å². The Bertz CT molecular complexity index is 1040. The van der Waals surface area contributed by atoms with E-state index in [0.717, 1.165) is 42.6 Å². The molecule has 0 saturated carbocycles. The van der Waals surface area contributed by atoms with E-state index in [-0.39, 0.29) is 11.8 Å². The number of rotatable bonds is 6. The number of piperidine rings is 1. The van der Waals surface area contributed by atoms with Gasteiger partial charge in [-0.25, -0.2) is 0 Å². The molecule has 2 heterocycles. The largest absolute Gasteiger partial charge is 0.334 e. The second kappa shape index (κ2) is 9.43. The highest BCUT2D eigenvalue weighted by Crippen LogP contribution is 2.25. The summed E-state index contributed by atoms with van der Waals surface area (Å²) in [5.41, 5.74) is 5.36. The zero-order valence-electron chi connectivity index (χ0n) is 18.5. The molecule has 0 spiro atoms. The molecule has 4 rings (SSSR count). The minimum atomic E-state index is -0.0402. The van der Waals surface area contributed by atoms with Crippen LogP contribution in [0.2, 0.25) is 0 Å². The van der Waals surface area contributed by atoms with E-state index in [2.05, 4.69) is 33.3 Å². The number of aromatic nitrogens is 2. The maximum Gasteiger partial charge on any atom is 0.257 e. The molecule has 31 heavy (non-hydrogen) atoms. The highest BCUT2D eigenvalue weighted by Gasteiger charge is 2.27. The Labute approximate surface area is 183 Å². The molecule has 1 saturated heterocycles. The first-order chi connectivity index (χ1) is 15.0. The third-order valence-corrected chi connectivity index (χ3v) is 6.00. The summed E-state index contributed by atoms with van der Waals surface area (Å²) >= 11 is 0. The van der Waals surface area contributed by atoms with E-state index in [4.69, 9.17) is 4.52 Å². The zero-order valence-corrected chi connectivity index (χ0v) is 18.5. The van der Waals surface area contributed by atoms with Gasteiger partial charge in [0.05, 0.1) is 12.5 Å². The number of hydrogen-bond donors (Lipinski definition) is 1. The van der Waals surface area contributed by atoms with Gasteiger partial charge in [0.15, 0.2) is 5.82 Å². The van der Waals surface area contributed by atoms with Crippen LogP contribution in [0.4, 0.5) is 5.69 Å². The zero-order chi connectivity index (χ0) is 21.8. The van der Waals surface area contributed by atoms with Crippen molar-refractivity contribution in [3.05, 3.63) is 65.0 Å². The first-order valence-corrected chi connectivity index (χ1v) is 11.0. The summed E-state index contributed by atoms with van der Waals surface area (Å²) in [5.74, 6) is 1.25. The minimum absolute atomic E-state index is 0.0402. The van der Waals surface area contributed by atoms with Gasteiger partial charge in [-0.1, -0.05) is 48.0 Å². The van der Waals surface area contributed by atoms with Gasteiger partial charge in [0.1, 0.15) is 0 Å². The topological polar surface area (TPSA) is 71.3 Å². The van der Waals surface area contributed by atoms with E-state index in [0.29, 0.717) is 24.8 Å². The van der Waals surface area contributed by atoms with Crippen LogP contribution in [0.5, 0.6) is 0 Å². The number of carbonyl (C=O) groups is 1. The summed E-state index contributed by atoms with van der Waals surface area (Å²) in [7, 11) is 0. The standard InChI is InChI=1S/C25H30N4O2/c1-4-19-8-5-7-18(3)23(19)27-24(30)21-9-6-14-29(15-21)16-22-26-25(31-28-22)20-12-10-17(2)11-13-20/h5,7-8,10-13,21H,4,6,9,14-16H2,1-3H3,(H,27,30). The lowest BCUT2D eigenvalue weighted by atomic mass is 9.96. The molecule has 6 heteroatoms. The van der Waals surface area contributed by atoms with Gasteiger partial charge in [0.2, 0.25) is 5.91 Å². The van der Waals surface area contributed by atoms with Crippen LogP contribution in [-0.4, -0.2) is 34.0 Å². The van der Waals surface area contributed by atoms with E-state index in [1.807, 2.05) is 50.2 Å². The maximum atomic E-state index is 13.0. The van der Waals surface area contributed by atoms with Gasteiger partial charge < -0.3 is 9.84 Å². The molecule has 0 radical (unpaired) electrons. The molecule has 6 nitrogen and oxygen atoms in total. The van der Waals surface area contributed by atoms with Gasteiger partial charge in [-0.2, -0.15) is 4.98 Å². The SMILES string of the molecule is CCc1cccc(C)c1NC(=O)C1CCCN(Cc2noc(-c3ccc(C)cc3)n2)C1. The summed E-state index contributed by atoms with van der Waals surface area (Å²) in [4.78, 5) is 19.8. The highest BCUT2D eigenvalue weighted by atomic mass is 16.5. The number of nitrogens with one attached hydrogen (secondary N) is 1. The van der Waals surface area contributed by atoms with E-state index in [1.54, 1.807) is 0 Å². The first kappa shape index (κ1) is 21.2. The summed E-state index contributed by atoms with van der Waals surface area (Å²) in [6, 6.07) is 14.2. The lowest BCUT2D eigenvalue weighted by Crippen LogP contribution is -2.40. The summed E-state index contributed by atoms with van der Waals surface area (Å²) < 4.78 is 5.46. The molecular weight excluding hydrogens is 388 g/mol. The molecule has 0 aliphatic carbocycles. The average molecular weight is 419 g/mol. The Morgan fingerprint density at radius 2 is 2.00 bits per heavy atom. The number of benzene rings is 2. The van der Waals surface area contributed by atoms with Crippen molar-refractivity contribution in [2.24, 2.45) is 5.92 Å². The van der Waals surface area contributed by atoms with Crippen molar-refractivity contribution in [3.63, 3.8) is 0 Å². The molecule has 1 aromatic heterocycles. The predicted molar refractivity (Wildman–Crippen MR) is 122 cm³/mol. The van der Waals surface area contributed by atoms with E-state index in [9.17, 15) is 4.79 Å². The summed E-state index contributed by atoms with van der Waals surface area (Å²) in [6.07, 6.45) is 2.78. The van der Waals surface area contributed by atoms with Crippen LogP contribution in [0.3, 0.4) is 0 Å². The van der Waals surface area contributed by atoms with Crippen LogP contribution in [-0.2, 0) is 17.8 Å². The Hall–Kier alpha value is -2.99. The van der Waals surface area contributed by atoms with Crippen LogP contribution in [0, 0.1) is 19.8 Å². The first-order valence-electron chi connectivity index (χ1n) is 11.0. The number of nitrogens with zero attached hydrogens (tertiary/aromatic N) is 3. The quantitative estimate of drug-likeness (QED) is 0.625. The Balaban J connectivity index is 1.39. The second-order valence-corrected chi connectivity index (χ2v) is 8.41. The molecule has 0 bridgehead atoms. The molecular formula is C25H30N4O2. The molecule has 1 fully saturated rings. The van der Waals surface area contributed by atoms with Gasteiger partial charge in [0.25, 0.3) is 5.89 Å². The smallest absolute Gasteiger partial charge is 0.257 e. The number of carbonyl (C=O) groups excluding carboxylic acids is 1. The third-order valence-electron chi connectivity index (χ3n) is 6.00. The number of para-hydroxylation sites is 1. The van der Waals surface area contributed by atoms with Crippen LogP contribution in [0.15, 0.2) is 47.0 Å². The van der Waals surface area contributed by atoms with Gasteiger partial charge >= 0.3 is 0 Å². The fourth-order valence-electron chi connectivity index (χ4n) is 4.17. The van der Waals surface area contributed by atoms with E-state index >= 15 is 0 Å². The maximum absolute atomic E-state index is 13.0. The van der Waals surface area contributed by atoms with Crippen molar-refractivity contribution in [2.75, 3.05) is 18.4 Å². The molecule has 1 aliphatic rings. The van der Waals surface area contributed by atoms with Gasteiger partial charge in [0, 0.05) is 17.8 Å². The van der Waals surface area contributed by atoms with Crippen LogP contribution >= 0.6 is 0 Å². The molecule has 2 aromatic carbocycles. The molecule has 1 atom stereocenters. The number of amides is 1. The molecule has 162 valence electrons. The molecule has 1 unspecified atom stereocenters. The minimum Gasteiger partial charge on any atom is -0.334 e. The summed E-state index contributed by atoms with van der Waals surface area (Å²) in [5, 5.41) is 7.35. The van der Waals surface area contributed by atoms with Crippen molar-refractivity contribution in [2.45, 2.75) is 46.6 Å². The lowest BCUT2D eigenvalue weighted by molar-refractivity contribution is -0.121. The fourth-order valence-corrected chi connectivity index (χ4v) is 4.17. The number of aryl methyl sites for hydroxylation is 3. The lowest BCUT2D eigenvalue weighted by Gasteiger charge is -2.31. The Morgan fingerprint density at radius 3 is 2.77 bits per heavy atom. The highest BCUT2D eigenvalue weighted by molar-refractivity contribution is 5.94. The molecule has 1 aliphatic heterocycles. The average Bonchev–Trinajstić information content (AvgIpc) is 3.24. The third kappa shape index (κ3) is 5.02. The number of anilines is 1. The van der Waals surface area contributed by atoms with Gasteiger partial charge in [-0.15, -0.1) is 0 Å². The molecule has 1 N–H and O–H groups in total. The van der Waals surface area contributed by atoms with Crippen molar-refractivity contribution < 1.29 is 9.32 Å². The normalized spacial score (nSPS) is 16.9. The number of likely N-dealkylation sites (tertiary alicyclic amines) is 1. The van der Waals surface area contributed by atoms with Crippen molar-refractivity contribution in [1.29, 1.82) is 0 Å². The second-order valence-electron chi connectivity index (χ2n) is 8.41. The van der Waals surface area contributed by atoms with E-state index in [1.165, 1.54) is 11.1 Å². The molecule has 3 aromatic rings. The van der Waals surface area contributed by atoms with Crippen LogP contribution in [0.25, 0.3) is 11.5 Å². The summed E-state index contributed by atoms with van der Waals surface area (Å²) in [6.45, 7) is 8.43. The van der Waals surface area contributed by atoms with Crippen molar-refractivity contribution in [3.8, 4) is 11.5 Å².